The molecule has 1 aliphatic rings. The molecule has 1 heterocycles. The first-order valence-corrected chi connectivity index (χ1v) is 9.87. The summed E-state index contributed by atoms with van der Waals surface area (Å²) in [6, 6.07) is 8.56. The predicted molar refractivity (Wildman–Crippen MR) is 92.9 cm³/mol. The van der Waals surface area contributed by atoms with Crippen molar-refractivity contribution in [2.45, 2.75) is 18.0 Å². The summed E-state index contributed by atoms with van der Waals surface area (Å²) in [6.07, 6.45) is 0. The van der Waals surface area contributed by atoms with Crippen LogP contribution in [0.5, 0.6) is 0 Å². The number of hydrogen-bond acceptors (Lipinski definition) is 4. The van der Waals surface area contributed by atoms with Crippen LogP contribution in [0.25, 0.3) is 0 Å². The number of halogens is 3. The number of ether oxygens (including phenoxy) is 1. The average molecular weight is 400 g/mol. The van der Waals surface area contributed by atoms with Gasteiger partial charge in [0.05, 0.1) is 13.2 Å². The highest BCUT2D eigenvalue weighted by Crippen LogP contribution is 2.20. The van der Waals surface area contributed by atoms with Gasteiger partial charge >= 0.3 is 0 Å². The summed E-state index contributed by atoms with van der Waals surface area (Å²) in [7, 11) is -4.34. The van der Waals surface area contributed by atoms with Crippen LogP contribution in [-0.4, -0.2) is 39.6 Å². The molecule has 1 N–H and O–H groups in total. The number of morpholine rings is 1. The SMILES string of the molecule is O=S(=O)(NCc1ccccc1CN1CCOCC1)c1ccc(F)c(F)c1F. The van der Waals surface area contributed by atoms with Gasteiger partial charge in [-0.15, -0.1) is 0 Å². The molecule has 0 saturated carbocycles. The first kappa shape index (κ1) is 19.8. The van der Waals surface area contributed by atoms with E-state index < -0.39 is 32.4 Å². The molecule has 0 aliphatic carbocycles. The van der Waals surface area contributed by atoms with Crippen molar-refractivity contribution in [1.29, 1.82) is 0 Å². The van der Waals surface area contributed by atoms with E-state index in [2.05, 4.69) is 9.62 Å². The fourth-order valence-corrected chi connectivity index (χ4v) is 3.92. The second kappa shape index (κ2) is 8.39. The van der Waals surface area contributed by atoms with E-state index in [1.807, 2.05) is 12.1 Å². The summed E-state index contributed by atoms with van der Waals surface area (Å²) in [5.41, 5.74) is 1.64. The van der Waals surface area contributed by atoms with E-state index >= 15 is 0 Å². The van der Waals surface area contributed by atoms with Crippen LogP contribution in [0.4, 0.5) is 13.2 Å². The number of nitrogens with one attached hydrogen (secondary N) is 1. The number of hydrogen-bond donors (Lipinski definition) is 1. The lowest BCUT2D eigenvalue weighted by Crippen LogP contribution is -2.36. The molecule has 0 radical (unpaired) electrons. The lowest BCUT2D eigenvalue weighted by molar-refractivity contribution is 0.0341. The highest BCUT2D eigenvalue weighted by atomic mass is 32.2. The molecule has 2 aromatic rings. The minimum atomic E-state index is -4.34. The number of rotatable bonds is 6. The van der Waals surface area contributed by atoms with Gasteiger partial charge in [0.25, 0.3) is 0 Å². The summed E-state index contributed by atoms with van der Waals surface area (Å²) in [5, 5.41) is 0. The zero-order valence-electron chi connectivity index (χ0n) is 14.4. The minimum absolute atomic E-state index is 0.0960. The third kappa shape index (κ3) is 4.67. The monoisotopic (exact) mass is 400 g/mol. The van der Waals surface area contributed by atoms with Gasteiger partial charge in [0.2, 0.25) is 10.0 Å². The van der Waals surface area contributed by atoms with Crippen LogP contribution in [0.2, 0.25) is 0 Å². The lowest BCUT2D eigenvalue weighted by atomic mass is 10.1. The van der Waals surface area contributed by atoms with Gasteiger partial charge in [0.1, 0.15) is 4.90 Å². The first-order valence-electron chi connectivity index (χ1n) is 8.38. The van der Waals surface area contributed by atoms with Gasteiger partial charge in [-0.25, -0.2) is 26.3 Å². The van der Waals surface area contributed by atoms with E-state index in [0.29, 0.717) is 31.9 Å². The molecule has 146 valence electrons. The Hall–Kier alpha value is -1.94. The van der Waals surface area contributed by atoms with Crippen molar-refractivity contribution < 1.29 is 26.3 Å². The third-order valence-electron chi connectivity index (χ3n) is 4.36. The third-order valence-corrected chi connectivity index (χ3v) is 5.78. The maximum atomic E-state index is 13.8. The van der Waals surface area contributed by atoms with Crippen molar-refractivity contribution in [2.24, 2.45) is 0 Å². The molecule has 0 spiro atoms. The van der Waals surface area contributed by atoms with Crippen molar-refractivity contribution in [3.8, 4) is 0 Å². The fourth-order valence-electron chi connectivity index (χ4n) is 2.85. The van der Waals surface area contributed by atoms with E-state index in [9.17, 15) is 21.6 Å². The largest absolute Gasteiger partial charge is 0.379 e. The van der Waals surface area contributed by atoms with Gasteiger partial charge in [-0.2, -0.15) is 0 Å². The number of sulfonamides is 1. The maximum Gasteiger partial charge on any atom is 0.243 e. The van der Waals surface area contributed by atoms with Crippen molar-refractivity contribution in [1.82, 2.24) is 9.62 Å². The van der Waals surface area contributed by atoms with Gasteiger partial charge in [-0.1, -0.05) is 24.3 Å². The molecule has 5 nitrogen and oxygen atoms in total. The van der Waals surface area contributed by atoms with Crippen molar-refractivity contribution in [3.63, 3.8) is 0 Å². The van der Waals surface area contributed by atoms with E-state index in [1.165, 1.54) is 0 Å². The summed E-state index contributed by atoms with van der Waals surface area (Å²) in [4.78, 5) is 1.26. The van der Waals surface area contributed by atoms with Crippen LogP contribution >= 0.6 is 0 Å². The maximum absolute atomic E-state index is 13.8. The molecule has 3 rings (SSSR count). The Bertz CT molecular complexity index is 916. The topological polar surface area (TPSA) is 58.6 Å². The van der Waals surface area contributed by atoms with E-state index in [4.69, 9.17) is 4.74 Å². The molecular weight excluding hydrogens is 381 g/mol. The Morgan fingerprint density at radius 1 is 0.963 bits per heavy atom. The molecule has 1 saturated heterocycles. The number of benzene rings is 2. The van der Waals surface area contributed by atoms with E-state index in [0.717, 1.165) is 24.2 Å². The molecular formula is C18H19F3N2O3S. The highest BCUT2D eigenvalue weighted by molar-refractivity contribution is 7.89. The molecule has 0 atom stereocenters. The Balaban J connectivity index is 1.75. The average Bonchev–Trinajstić information content (AvgIpc) is 2.66. The quantitative estimate of drug-likeness (QED) is 0.757. The molecule has 27 heavy (non-hydrogen) atoms. The Labute approximate surface area is 155 Å². The Kier molecular flexibility index (Phi) is 6.15. The summed E-state index contributed by atoms with van der Waals surface area (Å²) in [5.74, 6) is -4.99. The molecule has 0 unspecified atom stereocenters. The van der Waals surface area contributed by atoms with Gasteiger partial charge in [-0.3, -0.25) is 4.90 Å². The number of nitrogens with zero attached hydrogens (tertiary/aromatic N) is 1. The van der Waals surface area contributed by atoms with Gasteiger partial charge < -0.3 is 4.74 Å². The van der Waals surface area contributed by atoms with E-state index in [1.54, 1.807) is 12.1 Å². The highest BCUT2D eigenvalue weighted by Gasteiger charge is 2.24. The molecule has 9 heteroatoms. The van der Waals surface area contributed by atoms with Crippen LogP contribution in [0.1, 0.15) is 11.1 Å². The summed E-state index contributed by atoms with van der Waals surface area (Å²) >= 11 is 0. The molecule has 2 aromatic carbocycles. The van der Waals surface area contributed by atoms with Gasteiger partial charge in [0.15, 0.2) is 17.5 Å². The normalized spacial score (nSPS) is 15.8. The molecule has 0 bridgehead atoms. The molecule has 0 aromatic heterocycles. The zero-order chi connectivity index (χ0) is 19.4. The van der Waals surface area contributed by atoms with Gasteiger partial charge in [-0.05, 0) is 23.3 Å². The standard InChI is InChI=1S/C18H19F3N2O3S/c19-15-5-6-16(18(21)17(15)20)27(24,25)22-11-13-3-1-2-4-14(13)12-23-7-9-26-10-8-23/h1-6,22H,7-12H2. The molecule has 0 amide bonds. The van der Waals surface area contributed by atoms with Crippen molar-refractivity contribution in [3.05, 3.63) is 65.0 Å². The summed E-state index contributed by atoms with van der Waals surface area (Å²) in [6.45, 7) is 3.37. The second-order valence-corrected chi connectivity index (χ2v) is 7.89. The van der Waals surface area contributed by atoms with Crippen LogP contribution in [0.15, 0.2) is 41.3 Å². The predicted octanol–water partition coefficient (Wildman–Crippen LogP) is 2.41. The van der Waals surface area contributed by atoms with Crippen LogP contribution in [0.3, 0.4) is 0 Å². The second-order valence-electron chi connectivity index (χ2n) is 6.16. The molecule has 1 fully saturated rings. The first-order chi connectivity index (χ1) is 12.9. The Morgan fingerprint density at radius 3 is 2.33 bits per heavy atom. The van der Waals surface area contributed by atoms with Crippen LogP contribution < -0.4 is 4.72 Å². The minimum Gasteiger partial charge on any atom is -0.379 e. The van der Waals surface area contributed by atoms with Crippen LogP contribution in [-0.2, 0) is 27.8 Å². The lowest BCUT2D eigenvalue weighted by Gasteiger charge is -2.27. The molecule has 1 aliphatic heterocycles. The van der Waals surface area contributed by atoms with Crippen molar-refractivity contribution >= 4 is 10.0 Å². The van der Waals surface area contributed by atoms with E-state index in [-0.39, 0.29) is 6.54 Å². The van der Waals surface area contributed by atoms with Gasteiger partial charge in [0, 0.05) is 26.2 Å². The van der Waals surface area contributed by atoms with Crippen LogP contribution in [0, 0.1) is 17.5 Å². The fraction of sp³-hybridized carbons (Fsp3) is 0.333. The van der Waals surface area contributed by atoms with Crippen molar-refractivity contribution in [2.75, 3.05) is 26.3 Å². The smallest absolute Gasteiger partial charge is 0.243 e. The zero-order valence-corrected chi connectivity index (χ0v) is 15.2. The Morgan fingerprint density at radius 2 is 1.63 bits per heavy atom. The summed E-state index contributed by atoms with van der Waals surface area (Å²) < 4.78 is 72.4.